The van der Waals surface area contributed by atoms with Crippen molar-refractivity contribution in [2.24, 2.45) is 0 Å². The molecule has 0 aromatic heterocycles. The Morgan fingerprint density at radius 3 is 1.56 bits per heavy atom. The highest BCUT2D eigenvalue weighted by atomic mass is 16.5. The SMILES string of the molecule is CCCCCCOc1cc(OCCCCCC)c(OCCCCCC)cc1C=CC(=O)OCCCC. The lowest BCUT2D eigenvalue weighted by molar-refractivity contribution is -0.137. The molecule has 0 aliphatic heterocycles. The van der Waals surface area contributed by atoms with Crippen LogP contribution in [0.3, 0.4) is 0 Å². The Bertz CT molecular complexity index is 713. The van der Waals surface area contributed by atoms with Crippen molar-refractivity contribution in [3.05, 3.63) is 23.8 Å². The minimum absolute atomic E-state index is 0.337. The zero-order valence-corrected chi connectivity index (χ0v) is 23.6. The van der Waals surface area contributed by atoms with Crippen LogP contribution in [0.15, 0.2) is 18.2 Å². The Labute approximate surface area is 220 Å². The molecule has 5 nitrogen and oxygen atoms in total. The molecule has 1 rings (SSSR count). The van der Waals surface area contributed by atoms with Gasteiger partial charge in [0.05, 0.1) is 26.4 Å². The van der Waals surface area contributed by atoms with Gasteiger partial charge >= 0.3 is 5.97 Å². The molecule has 0 saturated heterocycles. The van der Waals surface area contributed by atoms with Gasteiger partial charge in [-0.3, -0.25) is 0 Å². The van der Waals surface area contributed by atoms with Crippen LogP contribution in [0.25, 0.3) is 6.08 Å². The largest absolute Gasteiger partial charge is 0.493 e. The first kappa shape index (κ1) is 31.9. The molecular formula is C31H52O5. The number of hydrogen-bond acceptors (Lipinski definition) is 5. The second-order valence-electron chi connectivity index (χ2n) is 9.42. The summed E-state index contributed by atoms with van der Waals surface area (Å²) in [5.41, 5.74) is 0.805. The van der Waals surface area contributed by atoms with Gasteiger partial charge < -0.3 is 18.9 Å². The molecule has 0 spiro atoms. The van der Waals surface area contributed by atoms with E-state index in [1.54, 1.807) is 6.08 Å². The molecule has 1 aromatic carbocycles. The van der Waals surface area contributed by atoms with Crippen molar-refractivity contribution in [1.82, 2.24) is 0 Å². The molecular weight excluding hydrogens is 452 g/mol. The second-order valence-corrected chi connectivity index (χ2v) is 9.42. The van der Waals surface area contributed by atoms with E-state index in [0.717, 1.165) is 56.9 Å². The molecule has 0 heterocycles. The fourth-order valence-corrected chi connectivity index (χ4v) is 3.69. The molecule has 0 atom stereocenters. The molecule has 0 N–H and O–H groups in total. The van der Waals surface area contributed by atoms with Crippen LogP contribution in [0, 0.1) is 0 Å². The lowest BCUT2D eigenvalue weighted by Crippen LogP contribution is -2.06. The van der Waals surface area contributed by atoms with Crippen molar-refractivity contribution in [3.63, 3.8) is 0 Å². The molecule has 206 valence electrons. The van der Waals surface area contributed by atoms with Crippen LogP contribution in [0.4, 0.5) is 0 Å². The molecule has 1 aromatic rings. The number of hydrogen-bond donors (Lipinski definition) is 0. The minimum atomic E-state index is -0.337. The van der Waals surface area contributed by atoms with Gasteiger partial charge in [0.1, 0.15) is 5.75 Å². The fourth-order valence-electron chi connectivity index (χ4n) is 3.69. The Kier molecular flexibility index (Phi) is 19.5. The number of rotatable bonds is 23. The average molecular weight is 505 g/mol. The Morgan fingerprint density at radius 2 is 1.06 bits per heavy atom. The van der Waals surface area contributed by atoms with Crippen LogP contribution in [0.2, 0.25) is 0 Å². The van der Waals surface area contributed by atoms with Gasteiger partial charge in [-0.05, 0) is 37.8 Å². The number of ether oxygens (including phenoxy) is 4. The summed E-state index contributed by atoms with van der Waals surface area (Å²) in [6.07, 6.45) is 18.8. The highest BCUT2D eigenvalue weighted by molar-refractivity contribution is 5.87. The van der Waals surface area contributed by atoms with Crippen molar-refractivity contribution < 1.29 is 23.7 Å². The topological polar surface area (TPSA) is 54.0 Å². The highest BCUT2D eigenvalue weighted by Crippen LogP contribution is 2.36. The maximum atomic E-state index is 12.2. The van der Waals surface area contributed by atoms with Gasteiger partial charge in [-0.15, -0.1) is 0 Å². The minimum Gasteiger partial charge on any atom is -0.493 e. The van der Waals surface area contributed by atoms with Crippen LogP contribution in [0.5, 0.6) is 17.2 Å². The smallest absolute Gasteiger partial charge is 0.330 e. The number of benzene rings is 1. The van der Waals surface area contributed by atoms with Gasteiger partial charge in [-0.25, -0.2) is 4.79 Å². The highest BCUT2D eigenvalue weighted by Gasteiger charge is 2.13. The molecule has 0 bridgehead atoms. The van der Waals surface area contributed by atoms with E-state index >= 15 is 0 Å². The lowest BCUT2D eigenvalue weighted by Gasteiger charge is -2.17. The average Bonchev–Trinajstić information content (AvgIpc) is 2.88. The summed E-state index contributed by atoms with van der Waals surface area (Å²) in [5.74, 6) is 1.80. The van der Waals surface area contributed by atoms with Crippen molar-refractivity contribution >= 4 is 12.0 Å². The van der Waals surface area contributed by atoms with Gasteiger partial charge in [0, 0.05) is 17.7 Å². The maximum Gasteiger partial charge on any atom is 0.330 e. The van der Waals surface area contributed by atoms with Crippen LogP contribution < -0.4 is 14.2 Å². The number of carbonyl (C=O) groups is 1. The van der Waals surface area contributed by atoms with Crippen molar-refractivity contribution in [3.8, 4) is 17.2 Å². The summed E-state index contributed by atoms with van der Waals surface area (Å²) >= 11 is 0. The molecule has 0 amide bonds. The van der Waals surface area contributed by atoms with Gasteiger partial charge in [0.25, 0.3) is 0 Å². The van der Waals surface area contributed by atoms with Gasteiger partial charge in [-0.1, -0.05) is 91.9 Å². The predicted molar refractivity (Wildman–Crippen MR) is 150 cm³/mol. The van der Waals surface area contributed by atoms with Gasteiger partial charge in [0.15, 0.2) is 11.5 Å². The van der Waals surface area contributed by atoms with E-state index in [1.165, 1.54) is 44.6 Å². The second kappa shape index (κ2) is 22.1. The third kappa shape index (κ3) is 15.1. The lowest BCUT2D eigenvalue weighted by atomic mass is 10.1. The van der Waals surface area contributed by atoms with Crippen LogP contribution in [0.1, 0.15) is 123 Å². The van der Waals surface area contributed by atoms with E-state index in [-0.39, 0.29) is 5.97 Å². The van der Waals surface area contributed by atoms with Crippen molar-refractivity contribution in [2.75, 3.05) is 26.4 Å². The third-order valence-electron chi connectivity index (χ3n) is 5.98. The monoisotopic (exact) mass is 504 g/mol. The fraction of sp³-hybridized carbons (Fsp3) is 0.710. The van der Waals surface area contributed by atoms with E-state index in [2.05, 4.69) is 27.7 Å². The molecule has 0 radical (unpaired) electrons. The van der Waals surface area contributed by atoms with E-state index in [9.17, 15) is 4.79 Å². The van der Waals surface area contributed by atoms with Gasteiger partial charge in [0.2, 0.25) is 0 Å². The van der Waals surface area contributed by atoms with Gasteiger partial charge in [-0.2, -0.15) is 0 Å². The van der Waals surface area contributed by atoms with Crippen LogP contribution >= 0.6 is 0 Å². The standard InChI is InChI=1S/C31H52O5/c1-5-9-13-16-22-33-28-26-30(35-24-18-15-11-7-3)29(34-23-17-14-10-6-2)25-27(28)19-20-31(32)36-21-12-8-4/h19-20,25-26H,5-18,21-24H2,1-4H3. The first-order valence-electron chi connectivity index (χ1n) is 14.6. The van der Waals surface area contributed by atoms with E-state index in [4.69, 9.17) is 18.9 Å². The summed E-state index contributed by atoms with van der Waals surface area (Å²) < 4.78 is 23.8. The number of carbonyl (C=O) groups excluding carboxylic acids is 1. The molecule has 0 aliphatic rings. The molecule has 0 fully saturated rings. The number of esters is 1. The molecule has 36 heavy (non-hydrogen) atoms. The normalized spacial score (nSPS) is 11.1. The molecule has 5 heteroatoms. The Balaban J connectivity index is 3.05. The predicted octanol–water partition coefficient (Wildman–Crippen LogP) is 8.92. The summed E-state index contributed by atoms with van der Waals surface area (Å²) in [4.78, 5) is 12.2. The summed E-state index contributed by atoms with van der Waals surface area (Å²) in [5, 5.41) is 0. The van der Waals surface area contributed by atoms with E-state index < -0.39 is 0 Å². The molecule has 0 unspecified atom stereocenters. The number of unbranched alkanes of at least 4 members (excludes halogenated alkanes) is 10. The Morgan fingerprint density at radius 1 is 0.583 bits per heavy atom. The summed E-state index contributed by atoms with van der Waals surface area (Å²) in [7, 11) is 0. The zero-order valence-electron chi connectivity index (χ0n) is 23.6. The first-order chi connectivity index (χ1) is 17.7. The van der Waals surface area contributed by atoms with E-state index in [0.29, 0.717) is 43.7 Å². The van der Waals surface area contributed by atoms with E-state index in [1.807, 2.05) is 12.1 Å². The van der Waals surface area contributed by atoms with Crippen LogP contribution in [-0.4, -0.2) is 32.4 Å². The summed E-state index contributed by atoms with van der Waals surface area (Å²) in [6, 6.07) is 3.88. The summed E-state index contributed by atoms with van der Waals surface area (Å²) in [6.45, 7) is 11.1. The zero-order chi connectivity index (χ0) is 26.3. The third-order valence-corrected chi connectivity index (χ3v) is 5.98. The quantitative estimate of drug-likeness (QED) is 0.0846. The van der Waals surface area contributed by atoms with Crippen molar-refractivity contribution in [1.29, 1.82) is 0 Å². The van der Waals surface area contributed by atoms with Crippen LogP contribution in [-0.2, 0) is 9.53 Å². The van der Waals surface area contributed by atoms with Crippen molar-refractivity contribution in [2.45, 2.75) is 118 Å². The Hall–Kier alpha value is -2.17. The maximum absolute atomic E-state index is 12.2. The molecule has 0 aliphatic carbocycles. The first-order valence-corrected chi connectivity index (χ1v) is 14.6. The molecule has 0 saturated carbocycles.